The zero-order valence-electron chi connectivity index (χ0n) is 14.0. The van der Waals surface area contributed by atoms with Crippen LogP contribution in [0.5, 0.6) is 0 Å². The average molecular weight is 348 g/mol. The fourth-order valence-electron chi connectivity index (χ4n) is 2.72. The first-order valence-electron chi connectivity index (χ1n) is 7.89. The molecule has 3 amide bonds. The van der Waals surface area contributed by atoms with E-state index >= 15 is 0 Å². The van der Waals surface area contributed by atoms with Gasteiger partial charge in [0.2, 0.25) is 0 Å². The molecule has 0 spiro atoms. The van der Waals surface area contributed by atoms with E-state index in [0.29, 0.717) is 24.3 Å². The number of fused-ring (bicyclic) bond motifs is 1. The first-order valence-corrected chi connectivity index (χ1v) is 7.89. The number of imide groups is 1. The second-order valence-electron chi connectivity index (χ2n) is 5.60. The summed E-state index contributed by atoms with van der Waals surface area (Å²) in [4.78, 5) is 40.0. The van der Waals surface area contributed by atoms with E-state index in [1.807, 2.05) is 0 Å². The Morgan fingerprint density at radius 3 is 1.92 bits per heavy atom. The van der Waals surface area contributed by atoms with Gasteiger partial charge in [0.1, 0.15) is 0 Å². The molecule has 130 valence electrons. The molecule has 2 aromatic rings. The Balaban J connectivity index is 1.86. The Labute approximate surface area is 150 Å². The highest BCUT2D eigenvalue weighted by Gasteiger charge is 2.37. The monoisotopic (exact) mass is 348 g/mol. The smallest absolute Gasteiger partial charge is 0.267 e. The van der Waals surface area contributed by atoms with Crippen molar-refractivity contribution in [3.05, 3.63) is 78.7 Å². The summed E-state index contributed by atoms with van der Waals surface area (Å²) in [6.07, 6.45) is 5.82. The van der Waals surface area contributed by atoms with Crippen LogP contribution >= 0.6 is 0 Å². The highest BCUT2D eigenvalue weighted by Crippen LogP contribution is 2.27. The van der Waals surface area contributed by atoms with Crippen LogP contribution < -0.4 is 4.90 Å². The first-order chi connectivity index (χ1) is 12.6. The number of benzene rings is 1. The van der Waals surface area contributed by atoms with Gasteiger partial charge >= 0.3 is 0 Å². The highest BCUT2D eigenvalue weighted by molar-refractivity contribution is 6.34. The third kappa shape index (κ3) is 2.90. The number of hydrogen-bond acceptors (Lipinski definition) is 5. The van der Waals surface area contributed by atoms with Crippen LogP contribution in [0.15, 0.2) is 62.0 Å². The molecule has 0 fully saturated rings. The predicted molar refractivity (Wildman–Crippen MR) is 95.9 cm³/mol. The van der Waals surface area contributed by atoms with Gasteiger partial charge in [0, 0.05) is 18.7 Å². The number of rotatable bonds is 6. The summed E-state index contributed by atoms with van der Waals surface area (Å²) in [6.45, 7) is 8.07. The Hall–Kier alpha value is -3.61. The van der Waals surface area contributed by atoms with E-state index in [0.717, 1.165) is 4.90 Å². The Kier molecular flexibility index (Phi) is 4.70. The zero-order valence-corrected chi connectivity index (χ0v) is 14.0. The summed E-state index contributed by atoms with van der Waals surface area (Å²) in [5, 5.41) is 7.29. The van der Waals surface area contributed by atoms with Crippen molar-refractivity contribution in [1.29, 1.82) is 0 Å². The van der Waals surface area contributed by atoms with Crippen LogP contribution in [-0.4, -0.2) is 45.9 Å². The minimum absolute atomic E-state index is 0.188. The molecule has 7 nitrogen and oxygen atoms in total. The van der Waals surface area contributed by atoms with Crippen LogP contribution in [0, 0.1) is 0 Å². The van der Waals surface area contributed by atoms with Crippen molar-refractivity contribution in [3.8, 4) is 0 Å². The van der Waals surface area contributed by atoms with E-state index in [4.69, 9.17) is 0 Å². The van der Waals surface area contributed by atoms with Gasteiger partial charge in [-0.3, -0.25) is 14.4 Å². The highest BCUT2D eigenvalue weighted by atomic mass is 16.2. The van der Waals surface area contributed by atoms with Gasteiger partial charge in [0.25, 0.3) is 17.7 Å². The summed E-state index contributed by atoms with van der Waals surface area (Å²) in [7, 11) is 0. The molecule has 0 saturated carbocycles. The number of carbonyl (C=O) groups excluding carboxylic acids is 3. The molecule has 0 aliphatic carbocycles. The lowest BCUT2D eigenvalue weighted by Gasteiger charge is -2.20. The van der Waals surface area contributed by atoms with Gasteiger partial charge in [-0.2, -0.15) is 10.2 Å². The average Bonchev–Trinajstić information content (AvgIpc) is 2.92. The molecule has 0 radical (unpaired) electrons. The predicted octanol–water partition coefficient (Wildman–Crippen LogP) is 2.09. The molecule has 0 saturated heterocycles. The molecule has 1 aromatic heterocycles. The minimum atomic E-state index is -0.459. The lowest BCUT2D eigenvalue weighted by molar-refractivity contribution is 0.0790. The fraction of sp³-hybridized carbons (Fsp3) is 0.105. The zero-order chi connectivity index (χ0) is 18.7. The second-order valence-corrected chi connectivity index (χ2v) is 5.60. The van der Waals surface area contributed by atoms with Crippen molar-refractivity contribution in [2.24, 2.45) is 0 Å². The SMILES string of the molecule is C=CCN(CC=C)C(=O)c1ccc(N2C(=O)c3cnncc3C2=O)cc1. The number of carbonyl (C=O) groups is 3. The van der Waals surface area contributed by atoms with Gasteiger partial charge in [-0.1, -0.05) is 12.2 Å². The first kappa shape index (κ1) is 17.2. The van der Waals surface area contributed by atoms with E-state index in [9.17, 15) is 14.4 Å². The number of nitrogens with zero attached hydrogens (tertiary/aromatic N) is 4. The largest absolute Gasteiger partial charge is 0.331 e. The number of amides is 3. The van der Waals surface area contributed by atoms with Crippen molar-refractivity contribution >= 4 is 23.4 Å². The summed E-state index contributed by atoms with van der Waals surface area (Å²) in [6, 6.07) is 6.29. The molecule has 0 bridgehead atoms. The van der Waals surface area contributed by atoms with Crippen LogP contribution in [0.2, 0.25) is 0 Å². The maximum atomic E-state index is 12.5. The molecular weight excluding hydrogens is 332 g/mol. The molecule has 1 aromatic carbocycles. The quantitative estimate of drug-likeness (QED) is 0.590. The van der Waals surface area contributed by atoms with Gasteiger partial charge in [-0.05, 0) is 24.3 Å². The van der Waals surface area contributed by atoms with E-state index in [2.05, 4.69) is 23.4 Å². The summed E-state index contributed by atoms with van der Waals surface area (Å²) >= 11 is 0. The maximum absolute atomic E-state index is 12.5. The third-order valence-electron chi connectivity index (χ3n) is 3.96. The Morgan fingerprint density at radius 2 is 1.46 bits per heavy atom. The summed E-state index contributed by atoms with van der Waals surface area (Å²) < 4.78 is 0. The molecule has 3 rings (SSSR count). The maximum Gasteiger partial charge on any atom is 0.267 e. The molecule has 1 aliphatic heterocycles. The van der Waals surface area contributed by atoms with Gasteiger partial charge in [0.15, 0.2) is 0 Å². The van der Waals surface area contributed by atoms with Crippen LogP contribution in [0.25, 0.3) is 0 Å². The van der Waals surface area contributed by atoms with Crippen LogP contribution in [-0.2, 0) is 0 Å². The molecule has 26 heavy (non-hydrogen) atoms. The van der Waals surface area contributed by atoms with Crippen molar-refractivity contribution in [3.63, 3.8) is 0 Å². The third-order valence-corrected chi connectivity index (χ3v) is 3.96. The number of aromatic nitrogens is 2. The Morgan fingerprint density at radius 1 is 0.962 bits per heavy atom. The van der Waals surface area contributed by atoms with Gasteiger partial charge < -0.3 is 4.90 Å². The van der Waals surface area contributed by atoms with Crippen LogP contribution in [0.4, 0.5) is 5.69 Å². The molecule has 0 atom stereocenters. The summed E-state index contributed by atoms with van der Waals surface area (Å²) in [5.74, 6) is -1.11. The van der Waals surface area contributed by atoms with Gasteiger partial charge in [-0.15, -0.1) is 13.2 Å². The van der Waals surface area contributed by atoms with Crippen molar-refractivity contribution < 1.29 is 14.4 Å². The minimum Gasteiger partial charge on any atom is -0.331 e. The van der Waals surface area contributed by atoms with Gasteiger partial charge in [-0.25, -0.2) is 4.90 Å². The lowest BCUT2D eigenvalue weighted by Crippen LogP contribution is -2.31. The van der Waals surface area contributed by atoms with Gasteiger partial charge in [0.05, 0.1) is 29.2 Å². The normalized spacial score (nSPS) is 12.7. The Bertz CT molecular complexity index is 860. The fourth-order valence-corrected chi connectivity index (χ4v) is 2.72. The molecular formula is C19H16N4O3. The van der Waals surface area contributed by atoms with E-state index in [-0.39, 0.29) is 17.0 Å². The van der Waals surface area contributed by atoms with Crippen molar-refractivity contribution in [2.45, 2.75) is 0 Å². The summed E-state index contributed by atoms with van der Waals surface area (Å²) in [5.41, 5.74) is 1.26. The number of hydrogen-bond donors (Lipinski definition) is 0. The number of anilines is 1. The molecule has 2 heterocycles. The van der Waals surface area contributed by atoms with Crippen molar-refractivity contribution in [1.82, 2.24) is 15.1 Å². The standard InChI is InChI=1S/C19H16N4O3/c1-3-9-22(10-4-2)17(24)13-5-7-14(8-6-13)23-18(25)15-11-20-21-12-16(15)19(23)26/h3-8,11-12H,1-2,9-10H2. The molecule has 7 heteroatoms. The molecule has 1 aliphatic rings. The lowest BCUT2D eigenvalue weighted by atomic mass is 10.1. The van der Waals surface area contributed by atoms with Crippen LogP contribution in [0.3, 0.4) is 0 Å². The second kappa shape index (κ2) is 7.10. The van der Waals surface area contributed by atoms with E-state index in [1.165, 1.54) is 12.4 Å². The van der Waals surface area contributed by atoms with E-state index < -0.39 is 11.8 Å². The van der Waals surface area contributed by atoms with Crippen LogP contribution in [0.1, 0.15) is 31.1 Å². The topological polar surface area (TPSA) is 83.5 Å². The van der Waals surface area contributed by atoms with Crippen molar-refractivity contribution in [2.75, 3.05) is 18.0 Å². The molecule has 0 unspecified atom stereocenters. The van der Waals surface area contributed by atoms with E-state index in [1.54, 1.807) is 41.3 Å². The molecule has 0 N–H and O–H groups in total.